The lowest BCUT2D eigenvalue weighted by molar-refractivity contribution is 0.242. The Morgan fingerprint density at radius 2 is 1.62 bits per heavy atom. The van der Waals surface area contributed by atoms with E-state index in [4.69, 9.17) is 4.74 Å². The third-order valence-corrected chi connectivity index (χ3v) is 4.94. The van der Waals surface area contributed by atoms with Crippen LogP contribution in [0.1, 0.15) is 13.8 Å². The summed E-state index contributed by atoms with van der Waals surface area (Å²) in [6.07, 6.45) is 0.0231. The second kappa shape index (κ2) is 6.53. The lowest BCUT2D eigenvalue weighted by Crippen LogP contribution is -2.13. The van der Waals surface area contributed by atoms with Gasteiger partial charge in [-0.15, -0.1) is 0 Å². The van der Waals surface area contributed by atoms with Gasteiger partial charge >= 0.3 is 0 Å². The Balaban J connectivity index is 1.97. The van der Waals surface area contributed by atoms with E-state index < -0.39 is 10.0 Å². The number of nitrogens with one attached hydrogen (secondary N) is 1. The van der Waals surface area contributed by atoms with Gasteiger partial charge in [-0.05, 0) is 37.4 Å². The van der Waals surface area contributed by atoms with Gasteiger partial charge < -0.3 is 4.74 Å². The maximum atomic E-state index is 12.8. The van der Waals surface area contributed by atoms with Crippen molar-refractivity contribution < 1.29 is 13.2 Å². The molecule has 1 N–H and O–H groups in total. The number of hydrogen-bond donors (Lipinski definition) is 1. The smallest absolute Gasteiger partial charge is 0.262 e. The number of anilines is 1. The number of sulfonamides is 1. The van der Waals surface area contributed by atoms with Crippen molar-refractivity contribution in [2.45, 2.75) is 24.8 Å². The Bertz CT molecular complexity index is 960. The summed E-state index contributed by atoms with van der Waals surface area (Å²) in [5.74, 6) is 0.628. The second-order valence-corrected chi connectivity index (χ2v) is 7.43. The molecule has 5 heteroatoms. The van der Waals surface area contributed by atoms with Crippen LogP contribution in [0.4, 0.5) is 5.69 Å². The van der Waals surface area contributed by atoms with Crippen LogP contribution in [0.2, 0.25) is 0 Å². The average molecular weight is 341 g/mol. The van der Waals surface area contributed by atoms with Gasteiger partial charge in [0.05, 0.1) is 16.7 Å². The Morgan fingerprint density at radius 1 is 0.917 bits per heavy atom. The van der Waals surface area contributed by atoms with Crippen LogP contribution in [0.3, 0.4) is 0 Å². The average Bonchev–Trinajstić information content (AvgIpc) is 2.53. The van der Waals surface area contributed by atoms with Crippen molar-refractivity contribution in [2.24, 2.45) is 0 Å². The number of benzene rings is 3. The largest absolute Gasteiger partial charge is 0.491 e. The van der Waals surface area contributed by atoms with Gasteiger partial charge in [0.2, 0.25) is 0 Å². The molecule has 124 valence electrons. The summed E-state index contributed by atoms with van der Waals surface area (Å²) in [7, 11) is -3.69. The first-order chi connectivity index (χ1) is 11.5. The van der Waals surface area contributed by atoms with E-state index >= 15 is 0 Å². The molecule has 0 aliphatic carbocycles. The predicted molar refractivity (Wildman–Crippen MR) is 97.0 cm³/mol. The van der Waals surface area contributed by atoms with Gasteiger partial charge in [0.1, 0.15) is 5.75 Å². The summed E-state index contributed by atoms with van der Waals surface area (Å²) in [4.78, 5) is 0.260. The standard InChI is InChI=1S/C19H19NO3S/c1-14(2)23-17-10-6-9-16(13-17)20-24(21,22)19-12-5-8-15-7-3-4-11-18(15)19/h3-14,20H,1-2H3. The van der Waals surface area contributed by atoms with E-state index in [1.54, 1.807) is 36.4 Å². The number of ether oxygens (including phenoxy) is 1. The van der Waals surface area contributed by atoms with Crippen LogP contribution in [0, 0.1) is 0 Å². The Morgan fingerprint density at radius 3 is 2.42 bits per heavy atom. The fourth-order valence-electron chi connectivity index (χ4n) is 2.55. The zero-order chi connectivity index (χ0) is 17.2. The Kier molecular flexibility index (Phi) is 4.44. The fourth-order valence-corrected chi connectivity index (χ4v) is 3.83. The molecule has 0 bridgehead atoms. The molecule has 3 aromatic rings. The summed E-state index contributed by atoms with van der Waals surface area (Å²) in [5.41, 5.74) is 0.473. The van der Waals surface area contributed by atoms with Crippen molar-refractivity contribution in [3.05, 3.63) is 66.7 Å². The zero-order valence-corrected chi connectivity index (χ0v) is 14.4. The van der Waals surface area contributed by atoms with E-state index in [1.807, 2.05) is 44.2 Å². The van der Waals surface area contributed by atoms with E-state index in [0.29, 0.717) is 16.8 Å². The highest BCUT2D eigenvalue weighted by Crippen LogP contribution is 2.26. The van der Waals surface area contributed by atoms with Crippen molar-refractivity contribution in [2.75, 3.05) is 4.72 Å². The highest BCUT2D eigenvalue weighted by molar-refractivity contribution is 7.93. The first-order valence-corrected chi connectivity index (χ1v) is 9.21. The van der Waals surface area contributed by atoms with Crippen LogP contribution in [0.25, 0.3) is 10.8 Å². The van der Waals surface area contributed by atoms with Gasteiger partial charge in [0, 0.05) is 11.5 Å². The first kappa shape index (κ1) is 16.3. The van der Waals surface area contributed by atoms with Gasteiger partial charge in [0.25, 0.3) is 10.0 Å². The van der Waals surface area contributed by atoms with Gasteiger partial charge in [-0.1, -0.05) is 42.5 Å². The normalized spacial score (nSPS) is 11.6. The molecule has 0 fully saturated rings. The minimum absolute atomic E-state index is 0.0231. The number of rotatable bonds is 5. The SMILES string of the molecule is CC(C)Oc1cccc(NS(=O)(=O)c2cccc3ccccc23)c1. The third kappa shape index (κ3) is 3.51. The van der Waals surface area contributed by atoms with E-state index in [1.165, 1.54) is 0 Å². The third-order valence-electron chi connectivity index (χ3n) is 3.50. The monoisotopic (exact) mass is 341 g/mol. The molecule has 0 saturated carbocycles. The summed E-state index contributed by atoms with van der Waals surface area (Å²) in [6.45, 7) is 3.85. The molecule has 0 aromatic heterocycles. The topological polar surface area (TPSA) is 55.4 Å². The molecule has 0 saturated heterocycles. The maximum Gasteiger partial charge on any atom is 0.262 e. The molecule has 0 spiro atoms. The molecule has 24 heavy (non-hydrogen) atoms. The minimum atomic E-state index is -3.69. The molecule has 0 radical (unpaired) electrons. The highest BCUT2D eigenvalue weighted by Gasteiger charge is 2.17. The van der Waals surface area contributed by atoms with Crippen molar-refractivity contribution in [3.8, 4) is 5.75 Å². The summed E-state index contributed by atoms with van der Waals surface area (Å²) >= 11 is 0. The fraction of sp³-hybridized carbons (Fsp3) is 0.158. The van der Waals surface area contributed by atoms with Crippen molar-refractivity contribution in [3.63, 3.8) is 0 Å². The maximum absolute atomic E-state index is 12.8. The second-order valence-electron chi connectivity index (χ2n) is 5.78. The van der Waals surface area contributed by atoms with E-state index in [-0.39, 0.29) is 11.0 Å². The van der Waals surface area contributed by atoms with Crippen molar-refractivity contribution >= 4 is 26.5 Å². The molecule has 3 rings (SSSR count). The summed E-state index contributed by atoms with van der Waals surface area (Å²) in [5, 5.41) is 1.58. The summed E-state index contributed by atoms with van der Waals surface area (Å²) in [6, 6.07) is 19.6. The lowest BCUT2D eigenvalue weighted by Gasteiger charge is -2.13. The predicted octanol–water partition coefficient (Wildman–Crippen LogP) is 4.43. The number of fused-ring (bicyclic) bond motifs is 1. The van der Waals surface area contributed by atoms with Crippen LogP contribution < -0.4 is 9.46 Å². The van der Waals surface area contributed by atoms with Crippen LogP contribution >= 0.6 is 0 Å². The van der Waals surface area contributed by atoms with Crippen LogP contribution in [-0.2, 0) is 10.0 Å². The summed E-state index contributed by atoms with van der Waals surface area (Å²) < 4.78 is 33.8. The van der Waals surface area contributed by atoms with Crippen LogP contribution in [0.5, 0.6) is 5.75 Å². The molecule has 3 aromatic carbocycles. The molecule has 0 amide bonds. The van der Waals surface area contributed by atoms with Crippen molar-refractivity contribution in [1.29, 1.82) is 0 Å². The molecule has 0 unspecified atom stereocenters. The molecule has 4 nitrogen and oxygen atoms in total. The Hall–Kier alpha value is -2.53. The van der Waals surface area contributed by atoms with E-state index in [0.717, 1.165) is 5.39 Å². The molecule has 0 heterocycles. The highest BCUT2D eigenvalue weighted by atomic mass is 32.2. The van der Waals surface area contributed by atoms with Gasteiger partial charge in [0.15, 0.2) is 0 Å². The Labute approximate surface area is 142 Å². The molecule has 0 aliphatic heterocycles. The van der Waals surface area contributed by atoms with Gasteiger partial charge in [-0.2, -0.15) is 0 Å². The zero-order valence-electron chi connectivity index (χ0n) is 13.6. The quantitative estimate of drug-likeness (QED) is 0.747. The lowest BCUT2D eigenvalue weighted by atomic mass is 10.1. The molecular formula is C19H19NO3S. The molecule has 0 atom stereocenters. The molecule has 0 aliphatic rings. The minimum Gasteiger partial charge on any atom is -0.491 e. The molecular weight excluding hydrogens is 322 g/mol. The van der Waals surface area contributed by atoms with Crippen molar-refractivity contribution in [1.82, 2.24) is 0 Å². The van der Waals surface area contributed by atoms with Crippen LogP contribution in [0.15, 0.2) is 71.6 Å². The van der Waals surface area contributed by atoms with Gasteiger partial charge in [-0.25, -0.2) is 8.42 Å². The van der Waals surface area contributed by atoms with Gasteiger partial charge in [-0.3, -0.25) is 4.72 Å². The van der Waals surface area contributed by atoms with E-state index in [2.05, 4.69) is 4.72 Å². The first-order valence-electron chi connectivity index (χ1n) is 7.73. The number of hydrogen-bond acceptors (Lipinski definition) is 3. The van der Waals surface area contributed by atoms with E-state index in [9.17, 15) is 8.42 Å². The van der Waals surface area contributed by atoms with Crippen LogP contribution in [-0.4, -0.2) is 14.5 Å².